The van der Waals surface area contributed by atoms with Crippen molar-refractivity contribution in [2.75, 3.05) is 19.7 Å². The van der Waals surface area contributed by atoms with Crippen molar-refractivity contribution in [1.82, 2.24) is 13.9 Å². The van der Waals surface area contributed by atoms with Crippen LogP contribution in [0.1, 0.15) is 43.7 Å². The lowest BCUT2D eigenvalue weighted by Crippen LogP contribution is -2.39. The quantitative estimate of drug-likeness (QED) is 0.424. The first kappa shape index (κ1) is 24.3. The maximum atomic E-state index is 13.4. The molecule has 0 radical (unpaired) electrons. The SMILES string of the molecule is C[C@@H]1CCCN(S(=O)(=O)c2ccc3c(c2)nc(SCc2ccc(C#N)cc2)n3C[C@H]2CCCO2)C1. The summed E-state index contributed by atoms with van der Waals surface area (Å²) in [5, 5.41) is 9.89. The topological polar surface area (TPSA) is 88.2 Å². The number of thioether (sulfide) groups is 1. The van der Waals surface area contributed by atoms with Crippen molar-refractivity contribution in [3.05, 3.63) is 53.6 Å². The summed E-state index contributed by atoms with van der Waals surface area (Å²) in [5.74, 6) is 1.08. The van der Waals surface area contributed by atoms with Gasteiger partial charge in [-0.3, -0.25) is 0 Å². The van der Waals surface area contributed by atoms with Crippen LogP contribution in [0, 0.1) is 17.2 Å². The monoisotopic (exact) mass is 510 g/mol. The van der Waals surface area contributed by atoms with Crippen molar-refractivity contribution in [2.45, 2.75) is 61.1 Å². The molecule has 0 spiro atoms. The fourth-order valence-electron chi connectivity index (χ4n) is 4.86. The number of sulfonamides is 1. The van der Waals surface area contributed by atoms with Crippen LogP contribution in [-0.4, -0.2) is 48.1 Å². The van der Waals surface area contributed by atoms with Gasteiger partial charge in [0.05, 0.1) is 40.2 Å². The average Bonchev–Trinajstić information content (AvgIpc) is 3.51. The van der Waals surface area contributed by atoms with Crippen molar-refractivity contribution < 1.29 is 13.2 Å². The van der Waals surface area contributed by atoms with Crippen LogP contribution in [0.4, 0.5) is 0 Å². The summed E-state index contributed by atoms with van der Waals surface area (Å²) in [5.41, 5.74) is 3.36. The predicted octanol–water partition coefficient (Wildman–Crippen LogP) is 4.80. The van der Waals surface area contributed by atoms with Crippen molar-refractivity contribution >= 4 is 32.8 Å². The number of ether oxygens (including phenoxy) is 1. The van der Waals surface area contributed by atoms with Crippen molar-refractivity contribution in [2.24, 2.45) is 5.92 Å². The second-order valence-electron chi connectivity index (χ2n) is 9.50. The summed E-state index contributed by atoms with van der Waals surface area (Å²) in [6, 6.07) is 15.1. The van der Waals surface area contributed by atoms with E-state index in [1.165, 1.54) is 0 Å². The summed E-state index contributed by atoms with van der Waals surface area (Å²) < 4.78 is 36.4. The van der Waals surface area contributed by atoms with Gasteiger partial charge in [-0.2, -0.15) is 9.57 Å². The largest absolute Gasteiger partial charge is 0.376 e. The summed E-state index contributed by atoms with van der Waals surface area (Å²) in [6.07, 6.45) is 4.17. The Kier molecular flexibility index (Phi) is 7.17. The van der Waals surface area contributed by atoms with Gasteiger partial charge >= 0.3 is 0 Å². The summed E-state index contributed by atoms with van der Waals surface area (Å²) >= 11 is 1.62. The number of piperidine rings is 1. The minimum Gasteiger partial charge on any atom is -0.376 e. The molecule has 2 fully saturated rings. The molecule has 184 valence electrons. The molecule has 2 aliphatic heterocycles. The van der Waals surface area contributed by atoms with Gasteiger partial charge in [0.15, 0.2) is 5.16 Å². The van der Waals surface area contributed by atoms with Crippen LogP contribution < -0.4 is 0 Å². The Hall–Kier alpha value is -2.38. The van der Waals surface area contributed by atoms with E-state index in [0.29, 0.717) is 47.3 Å². The first-order chi connectivity index (χ1) is 16.9. The third kappa shape index (κ3) is 5.26. The molecule has 2 aliphatic rings. The lowest BCUT2D eigenvalue weighted by molar-refractivity contribution is 0.0960. The molecule has 2 saturated heterocycles. The maximum absolute atomic E-state index is 13.4. The molecule has 35 heavy (non-hydrogen) atoms. The van der Waals surface area contributed by atoms with Gasteiger partial charge in [0.25, 0.3) is 0 Å². The van der Waals surface area contributed by atoms with Crippen LogP contribution in [-0.2, 0) is 27.1 Å². The standard InChI is InChI=1S/C26H30N4O3S2/c1-19-4-2-12-29(16-19)35(31,32)23-10-11-25-24(14-23)28-26(30(25)17-22-5-3-13-33-22)34-18-21-8-6-20(15-27)7-9-21/h6-11,14,19,22H,2-5,12-13,16-18H2,1H3/t19-,22-/m1/s1. The number of hydrogen-bond donors (Lipinski definition) is 0. The molecule has 7 nitrogen and oxygen atoms in total. The number of rotatable bonds is 7. The molecular weight excluding hydrogens is 480 g/mol. The van der Waals surface area contributed by atoms with Gasteiger partial charge < -0.3 is 9.30 Å². The molecule has 0 aliphatic carbocycles. The number of benzene rings is 2. The highest BCUT2D eigenvalue weighted by Crippen LogP contribution is 2.31. The number of fused-ring (bicyclic) bond motifs is 1. The molecule has 0 saturated carbocycles. The zero-order valence-corrected chi connectivity index (χ0v) is 21.5. The van der Waals surface area contributed by atoms with E-state index < -0.39 is 10.0 Å². The Morgan fingerprint density at radius 3 is 2.71 bits per heavy atom. The predicted molar refractivity (Wildman–Crippen MR) is 137 cm³/mol. The third-order valence-electron chi connectivity index (χ3n) is 6.80. The number of imidazole rings is 1. The van der Waals surface area contributed by atoms with Gasteiger partial charge in [-0.05, 0) is 67.5 Å². The van der Waals surface area contributed by atoms with Crippen LogP contribution in [0.3, 0.4) is 0 Å². The molecule has 2 aromatic carbocycles. The summed E-state index contributed by atoms with van der Waals surface area (Å²) in [4.78, 5) is 5.18. The number of nitriles is 1. The average molecular weight is 511 g/mol. The molecule has 3 heterocycles. The van der Waals surface area contributed by atoms with E-state index in [9.17, 15) is 8.42 Å². The van der Waals surface area contributed by atoms with E-state index in [4.69, 9.17) is 15.0 Å². The Labute approximate surface area is 211 Å². The van der Waals surface area contributed by atoms with Gasteiger partial charge in [-0.15, -0.1) is 0 Å². The van der Waals surface area contributed by atoms with Crippen LogP contribution in [0.5, 0.6) is 0 Å². The second-order valence-corrected chi connectivity index (χ2v) is 12.4. The van der Waals surface area contributed by atoms with Crippen LogP contribution >= 0.6 is 11.8 Å². The summed E-state index contributed by atoms with van der Waals surface area (Å²) in [6.45, 7) is 4.72. The smallest absolute Gasteiger partial charge is 0.243 e. The molecule has 9 heteroatoms. The van der Waals surface area contributed by atoms with E-state index >= 15 is 0 Å². The molecule has 0 bridgehead atoms. The van der Waals surface area contributed by atoms with E-state index in [0.717, 1.165) is 48.5 Å². The van der Waals surface area contributed by atoms with E-state index in [-0.39, 0.29) is 6.10 Å². The highest BCUT2D eigenvalue weighted by molar-refractivity contribution is 7.98. The molecular formula is C26H30N4O3S2. The van der Waals surface area contributed by atoms with Gasteiger partial charge in [-0.25, -0.2) is 13.4 Å². The Morgan fingerprint density at radius 2 is 2.00 bits per heavy atom. The van der Waals surface area contributed by atoms with Crippen molar-refractivity contribution in [3.8, 4) is 6.07 Å². The van der Waals surface area contributed by atoms with Crippen molar-refractivity contribution in [1.29, 1.82) is 5.26 Å². The normalized spacial score (nSPS) is 21.4. The Bertz CT molecular complexity index is 1340. The molecule has 2 atom stereocenters. The summed E-state index contributed by atoms with van der Waals surface area (Å²) in [7, 11) is -3.55. The molecule has 1 aromatic heterocycles. The minimum absolute atomic E-state index is 0.139. The third-order valence-corrected chi connectivity index (χ3v) is 9.71. The molecule has 0 N–H and O–H groups in total. The van der Waals surface area contributed by atoms with Gasteiger partial charge in [-0.1, -0.05) is 30.8 Å². The lowest BCUT2D eigenvalue weighted by atomic mass is 10.0. The first-order valence-corrected chi connectivity index (χ1v) is 14.6. The fourth-order valence-corrected chi connectivity index (χ4v) is 7.46. The number of hydrogen-bond acceptors (Lipinski definition) is 6. The number of aromatic nitrogens is 2. The van der Waals surface area contributed by atoms with Crippen molar-refractivity contribution in [3.63, 3.8) is 0 Å². The van der Waals surface area contributed by atoms with E-state index in [2.05, 4.69) is 17.6 Å². The Morgan fingerprint density at radius 1 is 1.17 bits per heavy atom. The highest BCUT2D eigenvalue weighted by Gasteiger charge is 2.29. The van der Waals surface area contributed by atoms with Gasteiger partial charge in [0.2, 0.25) is 10.0 Å². The maximum Gasteiger partial charge on any atom is 0.243 e. The van der Waals surface area contributed by atoms with Crippen LogP contribution in [0.15, 0.2) is 52.5 Å². The highest BCUT2D eigenvalue weighted by atomic mass is 32.2. The molecule has 3 aromatic rings. The molecule has 5 rings (SSSR count). The van der Waals surface area contributed by atoms with Crippen LogP contribution in [0.25, 0.3) is 11.0 Å². The molecule has 0 unspecified atom stereocenters. The van der Waals surface area contributed by atoms with Crippen LogP contribution in [0.2, 0.25) is 0 Å². The van der Waals surface area contributed by atoms with Gasteiger partial charge in [0.1, 0.15) is 0 Å². The van der Waals surface area contributed by atoms with E-state index in [1.54, 1.807) is 28.2 Å². The Balaban J connectivity index is 1.45. The lowest BCUT2D eigenvalue weighted by Gasteiger charge is -2.30. The van der Waals surface area contributed by atoms with Gasteiger partial charge in [0, 0.05) is 25.4 Å². The second kappa shape index (κ2) is 10.3. The van der Waals surface area contributed by atoms with E-state index in [1.807, 2.05) is 30.3 Å². The zero-order valence-electron chi connectivity index (χ0n) is 19.9. The minimum atomic E-state index is -3.55. The fraction of sp³-hybridized carbons (Fsp3) is 0.462. The number of nitrogens with zero attached hydrogens (tertiary/aromatic N) is 4. The first-order valence-electron chi connectivity index (χ1n) is 12.2. The molecule has 0 amide bonds. The zero-order chi connectivity index (χ0) is 24.4.